The molecule has 0 heterocycles. The van der Waals surface area contributed by atoms with Crippen LogP contribution in [0.15, 0.2) is 30.5 Å². The van der Waals surface area contributed by atoms with Gasteiger partial charge in [0, 0.05) is 0 Å². The van der Waals surface area contributed by atoms with Gasteiger partial charge in [-0.1, -0.05) is 6.07 Å². The molecule has 0 spiro atoms. The lowest BCUT2D eigenvalue weighted by atomic mass is 10.1. The van der Waals surface area contributed by atoms with Crippen molar-refractivity contribution in [1.82, 2.24) is 0 Å². The first-order valence-corrected chi connectivity index (χ1v) is 4.82. The third kappa shape index (κ3) is 2.90. The molecule has 4 heteroatoms. The van der Waals surface area contributed by atoms with Crippen LogP contribution in [0.4, 0.5) is 0 Å². The number of benzene rings is 1. The molecule has 1 unspecified atom stereocenters. The highest BCUT2D eigenvalue weighted by Crippen LogP contribution is 2.30. The van der Waals surface area contributed by atoms with E-state index in [1.807, 2.05) is 0 Å². The molecule has 0 bridgehead atoms. The predicted molar refractivity (Wildman–Crippen MR) is 60.7 cm³/mol. The van der Waals surface area contributed by atoms with Crippen LogP contribution >= 0.6 is 0 Å². The van der Waals surface area contributed by atoms with Gasteiger partial charge in [-0.25, -0.2) is 0 Å². The molecule has 1 rings (SSSR count). The van der Waals surface area contributed by atoms with Gasteiger partial charge in [-0.15, -0.1) is 0 Å². The van der Waals surface area contributed by atoms with Crippen molar-refractivity contribution in [1.29, 1.82) is 0 Å². The molecule has 1 atom stereocenters. The molecule has 0 aliphatic rings. The fourth-order valence-electron chi connectivity index (χ4n) is 1.30. The Kier molecular flexibility index (Phi) is 4.66. The summed E-state index contributed by atoms with van der Waals surface area (Å²) < 4.78 is 15.0. The molecule has 1 N–H and O–H groups in total. The third-order valence-corrected chi connectivity index (χ3v) is 2.15. The van der Waals surface area contributed by atoms with E-state index in [0.717, 1.165) is 0 Å². The molecule has 0 saturated heterocycles. The SMILES string of the molecule is COC=CC(O)c1ccc(OC)c(OC)c1. The van der Waals surface area contributed by atoms with Crippen LogP contribution in [-0.4, -0.2) is 26.4 Å². The Bertz CT molecular complexity index is 360. The predicted octanol–water partition coefficient (Wildman–Crippen LogP) is 1.90. The van der Waals surface area contributed by atoms with Crippen LogP contribution in [0.2, 0.25) is 0 Å². The zero-order valence-electron chi connectivity index (χ0n) is 9.64. The topological polar surface area (TPSA) is 47.9 Å². The van der Waals surface area contributed by atoms with E-state index in [4.69, 9.17) is 14.2 Å². The van der Waals surface area contributed by atoms with Crippen molar-refractivity contribution in [3.63, 3.8) is 0 Å². The number of aliphatic hydroxyl groups is 1. The highest BCUT2D eigenvalue weighted by molar-refractivity contribution is 5.44. The zero-order valence-corrected chi connectivity index (χ0v) is 9.64. The van der Waals surface area contributed by atoms with Gasteiger partial charge >= 0.3 is 0 Å². The summed E-state index contributed by atoms with van der Waals surface area (Å²) in [5.41, 5.74) is 0.714. The Hall–Kier alpha value is -1.68. The molecule has 4 nitrogen and oxygen atoms in total. The van der Waals surface area contributed by atoms with Gasteiger partial charge in [-0.3, -0.25) is 0 Å². The van der Waals surface area contributed by atoms with Crippen molar-refractivity contribution in [3.05, 3.63) is 36.1 Å². The molecule has 0 amide bonds. The zero-order chi connectivity index (χ0) is 12.0. The van der Waals surface area contributed by atoms with Gasteiger partial charge in [-0.2, -0.15) is 0 Å². The first-order chi connectivity index (χ1) is 7.72. The highest BCUT2D eigenvalue weighted by Gasteiger charge is 2.09. The van der Waals surface area contributed by atoms with Crippen LogP contribution in [0.5, 0.6) is 11.5 Å². The summed E-state index contributed by atoms with van der Waals surface area (Å²) in [7, 11) is 4.65. The van der Waals surface area contributed by atoms with Gasteiger partial charge in [0.2, 0.25) is 0 Å². The lowest BCUT2D eigenvalue weighted by molar-refractivity contribution is 0.220. The van der Waals surface area contributed by atoms with Gasteiger partial charge < -0.3 is 19.3 Å². The Morgan fingerprint density at radius 1 is 1.12 bits per heavy atom. The molecular weight excluding hydrogens is 208 g/mol. The van der Waals surface area contributed by atoms with Crippen molar-refractivity contribution in [3.8, 4) is 11.5 Å². The average Bonchev–Trinajstić information content (AvgIpc) is 2.34. The van der Waals surface area contributed by atoms with Crippen LogP contribution in [-0.2, 0) is 4.74 Å². The van der Waals surface area contributed by atoms with Crippen LogP contribution in [0, 0.1) is 0 Å². The van der Waals surface area contributed by atoms with Gasteiger partial charge in [0.05, 0.1) is 27.6 Å². The second-order valence-electron chi connectivity index (χ2n) is 3.12. The standard InChI is InChI=1S/C12H16O4/c1-14-7-6-10(13)9-4-5-11(15-2)12(8-9)16-3/h4-8,10,13H,1-3H3. The minimum Gasteiger partial charge on any atom is -0.505 e. The van der Waals surface area contributed by atoms with Gasteiger partial charge in [-0.05, 0) is 23.8 Å². The third-order valence-electron chi connectivity index (χ3n) is 2.15. The molecular formula is C12H16O4. The average molecular weight is 224 g/mol. The van der Waals surface area contributed by atoms with Crippen molar-refractivity contribution in [2.24, 2.45) is 0 Å². The Morgan fingerprint density at radius 2 is 1.81 bits per heavy atom. The summed E-state index contributed by atoms with van der Waals surface area (Å²) in [5, 5.41) is 9.77. The number of rotatable bonds is 5. The number of hydrogen-bond acceptors (Lipinski definition) is 4. The Labute approximate surface area is 95.1 Å². The molecule has 0 fully saturated rings. The first kappa shape index (κ1) is 12.4. The Morgan fingerprint density at radius 3 is 2.38 bits per heavy atom. The maximum atomic E-state index is 9.77. The van der Waals surface area contributed by atoms with Crippen LogP contribution in [0.1, 0.15) is 11.7 Å². The number of aliphatic hydroxyl groups excluding tert-OH is 1. The number of ether oxygens (including phenoxy) is 3. The first-order valence-electron chi connectivity index (χ1n) is 4.82. The van der Waals surface area contributed by atoms with Crippen molar-refractivity contribution in [2.75, 3.05) is 21.3 Å². The van der Waals surface area contributed by atoms with E-state index in [1.165, 1.54) is 13.4 Å². The summed E-state index contributed by atoms with van der Waals surface area (Å²) >= 11 is 0. The summed E-state index contributed by atoms with van der Waals surface area (Å²) in [6, 6.07) is 5.24. The van der Waals surface area contributed by atoms with Crippen molar-refractivity contribution >= 4 is 0 Å². The molecule has 88 valence electrons. The maximum absolute atomic E-state index is 9.77. The van der Waals surface area contributed by atoms with Gasteiger partial charge in [0.25, 0.3) is 0 Å². The van der Waals surface area contributed by atoms with E-state index >= 15 is 0 Å². The van der Waals surface area contributed by atoms with E-state index in [-0.39, 0.29) is 0 Å². The molecule has 1 aromatic carbocycles. The fraction of sp³-hybridized carbons (Fsp3) is 0.333. The van der Waals surface area contributed by atoms with E-state index in [0.29, 0.717) is 17.1 Å². The van der Waals surface area contributed by atoms with E-state index < -0.39 is 6.10 Å². The van der Waals surface area contributed by atoms with Gasteiger partial charge in [0.15, 0.2) is 11.5 Å². The maximum Gasteiger partial charge on any atom is 0.161 e. The summed E-state index contributed by atoms with van der Waals surface area (Å²) in [4.78, 5) is 0. The largest absolute Gasteiger partial charge is 0.505 e. The number of hydrogen-bond donors (Lipinski definition) is 1. The smallest absolute Gasteiger partial charge is 0.161 e. The molecule has 0 aliphatic heterocycles. The lowest BCUT2D eigenvalue weighted by Crippen LogP contribution is -1.96. The summed E-state index contributed by atoms with van der Waals surface area (Å²) in [6.07, 6.45) is 2.25. The normalized spacial score (nSPS) is 12.5. The molecule has 0 saturated carbocycles. The van der Waals surface area contributed by atoms with Crippen LogP contribution in [0.25, 0.3) is 0 Å². The van der Waals surface area contributed by atoms with E-state index in [1.54, 1.807) is 38.5 Å². The highest BCUT2D eigenvalue weighted by atomic mass is 16.5. The van der Waals surface area contributed by atoms with E-state index in [2.05, 4.69) is 0 Å². The molecule has 16 heavy (non-hydrogen) atoms. The molecule has 0 aliphatic carbocycles. The number of methoxy groups -OCH3 is 3. The molecule has 0 radical (unpaired) electrons. The van der Waals surface area contributed by atoms with Crippen LogP contribution in [0.3, 0.4) is 0 Å². The second kappa shape index (κ2) is 6.02. The molecule has 1 aromatic rings. The lowest BCUT2D eigenvalue weighted by Gasteiger charge is -2.11. The van der Waals surface area contributed by atoms with Crippen LogP contribution < -0.4 is 9.47 Å². The quantitative estimate of drug-likeness (QED) is 0.776. The summed E-state index contributed by atoms with van der Waals surface area (Å²) in [6.45, 7) is 0. The fourth-order valence-corrected chi connectivity index (χ4v) is 1.30. The van der Waals surface area contributed by atoms with Crippen molar-refractivity contribution in [2.45, 2.75) is 6.10 Å². The Balaban J connectivity index is 2.94. The second-order valence-corrected chi connectivity index (χ2v) is 3.12. The minimum atomic E-state index is -0.722. The van der Waals surface area contributed by atoms with E-state index in [9.17, 15) is 5.11 Å². The minimum absolute atomic E-state index is 0.588. The summed E-state index contributed by atoms with van der Waals surface area (Å²) in [5.74, 6) is 1.22. The monoisotopic (exact) mass is 224 g/mol. The van der Waals surface area contributed by atoms with Gasteiger partial charge in [0.1, 0.15) is 6.10 Å². The molecule has 0 aromatic heterocycles. The van der Waals surface area contributed by atoms with Crippen molar-refractivity contribution < 1.29 is 19.3 Å².